The maximum atomic E-state index is 12.9. The first-order chi connectivity index (χ1) is 11.8. The number of carboxylic acid groups (broad SMARTS) is 1. The van der Waals surface area contributed by atoms with E-state index in [2.05, 4.69) is 10.9 Å². The van der Waals surface area contributed by atoms with Crippen LogP contribution in [0.1, 0.15) is 35.7 Å². The van der Waals surface area contributed by atoms with E-state index in [1.807, 2.05) is 44.2 Å². The second kappa shape index (κ2) is 6.48. The third kappa shape index (κ3) is 3.11. The number of hydrogen-bond donors (Lipinski definition) is 1. The zero-order chi connectivity index (χ0) is 18.2. The molecule has 1 aromatic heterocycles. The highest BCUT2D eigenvalue weighted by molar-refractivity contribution is 8.14. The van der Waals surface area contributed by atoms with Gasteiger partial charge in [-0.25, -0.2) is 9.78 Å². The van der Waals surface area contributed by atoms with E-state index in [1.54, 1.807) is 0 Å². The van der Waals surface area contributed by atoms with Crippen molar-refractivity contribution in [2.75, 3.05) is 5.75 Å². The smallest absolute Gasteiger partial charge is 0.358 e. The molecule has 0 fully saturated rings. The molecule has 1 aliphatic rings. The van der Waals surface area contributed by atoms with Gasteiger partial charge in [0.1, 0.15) is 12.4 Å². The molecule has 0 saturated carbocycles. The summed E-state index contributed by atoms with van der Waals surface area (Å²) in [6.45, 7) is 4.46. The first kappa shape index (κ1) is 17.4. The van der Waals surface area contributed by atoms with E-state index in [4.69, 9.17) is 4.74 Å². The summed E-state index contributed by atoms with van der Waals surface area (Å²) in [6, 6.07) is 9.28. The first-order valence-corrected chi connectivity index (χ1v) is 9.44. The topological polar surface area (TPSA) is 81.4 Å². The van der Waals surface area contributed by atoms with Gasteiger partial charge in [0.05, 0.1) is 4.75 Å². The van der Waals surface area contributed by atoms with Gasteiger partial charge < -0.3 is 9.84 Å². The number of benzene rings is 1. The van der Waals surface area contributed by atoms with Crippen LogP contribution >= 0.6 is 10.5 Å². The third-order valence-electron chi connectivity index (χ3n) is 4.38. The molecule has 1 N–H and O–H groups in total. The highest BCUT2D eigenvalue weighted by Crippen LogP contribution is 2.42. The molecule has 2 aromatic rings. The van der Waals surface area contributed by atoms with Crippen LogP contribution in [0.5, 0.6) is 5.75 Å². The lowest BCUT2D eigenvalue weighted by atomic mass is 10.1. The minimum absolute atomic E-state index is 0.112. The Balaban J connectivity index is 2.08. The summed E-state index contributed by atoms with van der Waals surface area (Å²) in [6.07, 6.45) is 0. The molecule has 1 atom stereocenters. The fourth-order valence-corrected chi connectivity index (χ4v) is 4.12. The van der Waals surface area contributed by atoms with E-state index in [9.17, 15) is 14.7 Å². The third-order valence-corrected chi connectivity index (χ3v) is 6.68. The van der Waals surface area contributed by atoms with E-state index in [0.717, 1.165) is 11.3 Å². The van der Waals surface area contributed by atoms with E-state index in [-0.39, 0.29) is 28.5 Å². The minimum Gasteiger partial charge on any atom is -0.481 e. The van der Waals surface area contributed by atoms with Crippen LogP contribution in [0.2, 0.25) is 0 Å². The van der Waals surface area contributed by atoms with Gasteiger partial charge in [0.25, 0.3) is 5.56 Å². The molecule has 0 aliphatic carbocycles. The maximum Gasteiger partial charge on any atom is 0.358 e. The number of carbonyl (C=O) groups is 1. The SMILES string of the molecule is C=S1CCn2c(nc(C(=O)O)c(OCc3ccccc3)c2=O)C1(C)C. The number of aromatic carboxylic acids is 1. The molecule has 2 heterocycles. The number of ether oxygens (including phenoxy) is 1. The van der Waals surface area contributed by atoms with Gasteiger partial charge in [0.15, 0.2) is 5.69 Å². The zero-order valence-corrected chi connectivity index (χ0v) is 15.0. The molecule has 0 radical (unpaired) electrons. The van der Waals surface area contributed by atoms with E-state index < -0.39 is 16.3 Å². The number of hydrogen-bond acceptors (Lipinski definition) is 4. The highest BCUT2D eigenvalue weighted by atomic mass is 32.2. The predicted molar refractivity (Wildman–Crippen MR) is 98.8 cm³/mol. The quantitative estimate of drug-likeness (QED) is 0.847. The van der Waals surface area contributed by atoms with Gasteiger partial charge in [-0.3, -0.25) is 9.36 Å². The number of fused-ring (bicyclic) bond motifs is 1. The van der Waals surface area contributed by atoms with Crippen LogP contribution in [-0.4, -0.2) is 32.3 Å². The Labute approximate surface area is 148 Å². The average Bonchev–Trinajstić information content (AvgIpc) is 2.58. The minimum atomic E-state index is -1.27. The van der Waals surface area contributed by atoms with Crippen LogP contribution in [0.15, 0.2) is 35.1 Å². The number of nitrogens with zero attached hydrogens (tertiary/aromatic N) is 2. The van der Waals surface area contributed by atoms with Crippen molar-refractivity contribution in [1.82, 2.24) is 9.55 Å². The largest absolute Gasteiger partial charge is 0.481 e. The molecule has 1 aromatic carbocycles. The van der Waals surface area contributed by atoms with Crippen molar-refractivity contribution in [3.63, 3.8) is 0 Å². The molecule has 0 amide bonds. The van der Waals surface area contributed by atoms with Crippen LogP contribution in [0.25, 0.3) is 0 Å². The van der Waals surface area contributed by atoms with Crippen LogP contribution in [0.3, 0.4) is 0 Å². The van der Waals surface area contributed by atoms with Gasteiger partial charge in [-0.05, 0) is 19.4 Å². The Kier molecular flexibility index (Phi) is 4.51. The summed E-state index contributed by atoms with van der Waals surface area (Å²) >= 11 is 0. The number of rotatable bonds is 4. The monoisotopic (exact) mass is 360 g/mol. The summed E-state index contributed by atoms with van der Waals surface area (Å²) in [5, 5.41) is 9.52. The van der Waals surface area contributed by atoms with Gasteiger partial charge in [0, 0.05) is 12.3 Å². The lowest BCUT2D eigenvalue weighted by molar-refractivity contribution is 0.0682. The molecule has 132 valence electrons. The van der Waals surface area contributed by atoms with Crippen molar-refractivity contribution < 1.29 is 14.6 Å². The lowest BCUT2D eigenvalue weighted by Gasteiger charge is -2.35. The van der Waals surface area contributed by atoms with E-state index >= 15 is 0 Å². The van der Waals surface area contributed by atoms with Crippen molar-refractivity contribution >= 4 is 22.3 Å². The van der Waals surface area contributed by atoms with E-state index in [0.29, 0.717) is 12.4 Å². The Hall–Kier alpha value is -2.41. The van der Waals surface area contributed by atoms with E-state index in [1.165, 1.54) is 4.57 Å². The fourth-order valence-electron chi connectivity index (χ4n) is 2.79. The molecule has 7 heteroatoms. The maximum absolute atomic E-state index is 12.9. The van der Waals surface area contributed by atoms with Crippen LogP contribution in [0, 0.1) is 0 Å². The Morgan fingerprint density at radius 3 is 2.72 bits per heavy atom. The molecular weight excluding hydrogens is 340 g/mol. The van der Waals surface area contributed by atoms with Gasteiger partial charge in [-0.15, -0.1) is 0 Å². The first-order valence-electron chi connectivity index (χ1n) is 7.88. The molecule has 6 nitrogen and oxygen atoms in total. The normalized spacial score (nSPS) is 18.4. The van der Waals surface area contributed by atoms with Gasteiger partial charge in [-0.1, -0.05) is 36.2 Å². The fraction of sp³-hybridized carbons (Fsp3) is 0.333. The van der Waals surface area contributed by atoms with Crippen molar-refractivity contribution in [2.45, 2.75) is 31.7 Å². The van der Waals surface area contributed by atoms with Crippen molar-refractivity contribution in [2.24, 2.45) is 0 Å². The predicted octanol–water partition coefficient (Wildman–Crippen LogP) is 2.47. The molecule has 1 aliphatic heterocycles. The van der Waals surface area contributed by atoms with Gasteiger partial charge in [-0.2, -0.15) is 10.5 Å². The summed E-state index contributed by atoms with van der Waals surface area (Å²) in [4.78, 5) is 28.8. The molecule has 25 heavy (non-hydrogen) atoms. The van der Waals surface area contributed by atoms with Crippen molar-refractivity contribution in [3.8, 4) is 5.75 Å². The number of carboxylic acids is 1. The summed E-state index contributed by atoms with van der Waals surface area (Å²) in [5.41, 5.74) is 0.0721. The van der Waals surface area contributed by atoms with Crippen molar-refractivity contribution in [3.05, 3.63) is 57.8 Å². The highest BCUT2D eigenvalue weighted by Gasteiger charge is 2.35. The summed E-state index contributed by atoms with van der Waals surface area (Å²) in [5.74, 6) is 3.89. The second-order valence-corrected chi connectivity index (χ2v) is 8.77. The molecule has 0 spiro atoms. The summed E-state index contributed by atoms with van der Waals surface area (Å²) in [7, 11) is -0.238. The Morgan fingerprint density at radius 1 is 1.40 bits per heavy atom. The molecule has 3 rings (SSSR count). The molecular formula is C18H20N2O4S. The molecule has 0 saturated heterocycles. The zero-order valence-electron chi connectivity index (χ0n) is 14.2. The van der Waals surface area contributed by atoms with Crippen molar-refractivity contribution in [1.29, 1.82) is 0 Å². The van der Waals surface area contributed by atoms with Crippen LogP contribution in [-0.2, 0) is 17.9 Å². The molecule has 1 unspecified atom stereocenters. The average molecular weight is 360 g/mol. The van der Waals surface area contributed by atoms with Gasteiger partial charge in [0.2, 0.25) is 5.75 Å². The van der Waals surface area contributed by atoms with Crippen LogP contribution < -0.4 is 10.3 Å². The lowest BCUT2D eigenvalue weighted by Crippen LogP contribution is -2.39. The van der Waals surface area contributed by atoms with Gasteiger partial charge >= 0.3 is 5.97 Å². The Morgan fingerprint density at radius 2 is 2.08 bits per heavy atom. The van der Waals surface area contributed by atoms with Crippen LogP contribution in [0.4, 0.5) is 0 Å². The second-order valence-electron chi connectivity index (χ2n) is 6.36. The Bertz CT molecular complexity index is 903. The molecule has 0 bridgehead atoms. The summed E-state index contributed by atoms with van der Waals surface area (Å²) < 4.78 is 6.66. The standard InChI is InChI=1S/C18H20N2O4S/c1-18(2)17-19-13(16(22)23)14(15(21)20(17)9-10-25(18)3)24-11-12-7-5-4-6-8-12/h4-8H,3,9-11H2,1-2H3,(H,22,23). The number of aromatic nitrogens is 2.